The van der Waals surface area contributed by atoms with Gasteiger partial charge in [-0.2, -0.15) is 0 Å². The highest BCUT2D eigenvalue weighted by atomic mass is 16.7. The maximum Gasteiger partial charge on any atom is 0.321 e. The number of amides is 1. The first-order valence-corrected chi connectivity index (χ1v) is 12.0. The van der Waals surface area contributed by atoms with Gasteiger partial charge < -0.3 is 19.1 Å². The van der Waals surface area contributed by atoms with Gasteiger partial charge in [0.05, 0.1) is 6.61 Å². The Kier molecular flexibility index (Phi) is 6.59. The first-order chi connectivity index (χ1) is 17.0. The minimum atomic E-state index is -1.01. The number of esters is 1. The van der Waals surface area contributed by atoms with Crippen molar-refractivity contribution in [3.05, 3.63) is 59.2 Å². The lowest BCUT2D eigenvalue weighted by Gasteiger charge is -2.39. The fraction of sp³-hybridized carbons (Fsp3) is 0.423. The highest BCUT2D eigenvalue weighted by Gasteiger charge is 2.42. The van der Waals surface area contributed by atoms with Crippen molar-refractivity contribution >= 4 is 17.8 Å². The topological polar surface area (TPSA) is 92.7 Å². The van der Waals surface area contributed by atoms with Crippen LogP contribution in [-0.2, 0) is 20.9 Å². The van der Waals surface area contributed by atoms with Crippen LogP contribution in [0.3, 0.4) is 0 Å². The van der Waals surface area contributed by atoms with Gasteiger partial charge in [0.15, 0.2) is 17.4 Å². The van der Waals surface area contributed by atoms with Crippen molar-refractivity contribution < 1.29 is 23.8 Å². The Morgan fingerprint density at radius 1 is 1.11 bits per heavy atom. The minimum Gasteiger partial charge on any atom is -0.465 e. The van der Waals surface area contributed by atoms with Crippen molar-refractivity contribution in [2.45, 2.75) is 26.4 Å². The molecule has 3 aliphatic rings. The molecule has 0 bridgehead atoms. The van der Waals surface area contributed by atoms with Crippen molar-refractivity contribution in [2.75, 3.05) is 39.6 Å². The van der Waals surface area contributed by atoms with E-state index in [2.05, 4.69) is 21.2 Å². The first-order valence-electron chi connectivity index (χ1n) is 12.0. The predicted octanol–water partition coefficient (Wildman–Crippen LogP) is 2.25. The Balaban J connectivity index is 1.29. The number of hydrogen-bond donors (Lipinski definition) is 1. The number of nitrogens with zero attached hydrogens (tertiary/aromatic N) is 3. The summed E-state index contributed by atoms with van der Waals surface area (Å²) < 4.78 is 16.1. The molecule has 1 fully saturated rings. The molecule has 9 heteroatoms. The zero-order chi connectivity index (χ0) is 24.4. The molecule has 0 aliphatic carbocycles. The van der Waals surface area contributed by atoms with Crippen molar-refractivity contribution in [1.82, 2.24) is 15.1 Å². The lowest BCUT2D eigenvalue weighted by molar-refractivity contribution is -0.153. The highest BCUT2D eigenvalue weighted by molar-refractivity contribution is 6.08. The normalized spacial score (nSPS) is 21.9. The smallest absolute Gasteiger partial charge is 0.321 e. The molecule has 1 amide bonds. The van der Waals surface area contributed by atoms with E-state index >= 15 is 0 Å². The number of aliphatic imine (C=N–C) groups is 1. The number of ether oxygens (including phenoxy) is 3. The number of rotatable bonds is 5. The van der Waals surface area contributed by atoms with Crippen molar-refractivity contribution in [3.63, 3.8) is 0 Å². The number of carbonyl (C=O) groups excluding carboxylic acids is 2. The van der Waals surface area contributed by atoms with Gasteiger partial charge in [-0.05, 0) is 37.1 Å². The predicted molar refractivity (Wildman–Crippen MR) is 129 cm³/mol. The summed E-state index contributed by atoms with van der Waals surface area (Å²) in [6.07, 6.45) is 0. The van der Waals surface area contributed by atoms with Gasteiger partial charge in [-0.1, -0.05) is 35.9 Å². The van der Waals surface area contributed by atoms with Crippen LogP contribution < -0.4 is 14.8 Å². The maximum atomic E-state index is 13.1. The third kappa shape index (κ3) is 4.95. The zero-order valence-electron chi connectivity index (χ0n) is 20.0. The highest BCUT2D eigenvalue weighted by Crippen LogP contribution is 2.33. The number of benzene rings is 2. The van der Waals surface area contributed by atoms with E-state index in [0.717, 1.165) is 42.3 Å². The largest absolute Gasteiger partial charge is 0.465 e. The van der Waals surface area contributed by atoms with Crippen LogP contribution in [-0.4, -0.2) is 67.2 Å². The van der Waals surface area contributed by atoms with Crippen LogP contribution in [0.15, 0.2) is 47.5 Å². The molecule has 0 saturated carbocycles. The molecule has 2 atom stereocenters. The molecular weight excluding hydrogens is 448 g/mol. The van der Waals surface area contributed by atoms with Crippen LogP contribution >= 0.6 is 0 Å². The Labute approximate surface area is 204 Å². The fourth-order valence-corrected chi connectivity index (χ4v) is 4.73. The molecule has 35 heavy (non-hydrogen) atoms. The summed E-state index contributed by atoms with van der Waals surface area (Å²) in [5.41, 5.74) is 3.05. The van der Waals surface area contributed by atoms with E-state index in [-0.39, 0.29) is 19.3 Å². The third-order valence-corrected chi connectivity index (χ3v) is 6.53. The van der Waals surface area contributed by atoms with Crippen molar-refractivity contribution in [1.29, 1.82) is 0 Å². The quantitative estimate of drug-likeness (QED) is 0.521. The van der Waals surface area contributed by atoms with Crippen LogP contribution in [0.25, 0.3) is 0 Å². The average Bonchev–Trinajstić information content (AvgIpc) is 3.32. The van der Waals surface area contributed by atoms with Crippen LogP contribution in [0.1, 0.15) is 29.7 Å². The van der Waals surface area contributed by atoms with Crippen molar-refractivity contribution in [3.8, 4) is 11.5 Å². The summed E-state index contributed by atoms with van der Waals surface area (Å²) in [7, 11) is 0. The third-order valence-electron chi connectivity index (χ3n) is 6.53. The minimum absolute atomic E-state index is 0.213. The number of nitrogens with one attached hydrogen (secondary N) is 1. The lowest BCUT2D eigenvalue weighted by Crippen LogP contribution is -2.57. The van der Waals surface area contributed by atoms with Crippen molar-refractivity contribution in [2.24, 2.45) is 10.9 Å². The fourth-order valence-electron chi connectivity index (χ4n) is 4.73. The molecule has 1 saturated heterocycles. The Morgan fingerprint density at radius 3 is 2.69 bits per heavy atom. The molecule has 0 unspecified atom stereocenters. The summed E-state index contributed by atoms with van der Waals surface area (Å²) in [6, 6.07) is 13.2. The van der Waals surface area contributed by atoms with Gasteiger partial charge in [0, 0.05) is 32.7 Å². The Bertz CT molecular complexity index is 1140. The SMILES string of the molecule is CCOC(=O)[C@@H]1C(=O)NC(N2CCN(Cc3ccc4c(c3)OCO4)CC2)=N[C@H]1c1cccc(C)c1. The number of carbonyl (C=O) groups is 2. The second-order valence-electron chi connectivity index (χ2n) is 8.98. The van der Waals surface area contributed by atoms with E-state index in [1.54, 1.807) is 6.92 Å². The van der Waals surface area contributed by atoms with Gasteiger partial charge in [-0.15, -0.1) is 0 Å². The second kappa shape index (κ2) is 9.95. The molecule has 0 spiro atoms. The van der Waals surface area contributed by atoms with Crippen LogP contribution in [0.4, 0.5) is 0 Å². The molecule has 0 aromatic heterocycles. The molecule has 2 aromatic rings. The molecule has 9 nitrogen and oxygen atoms in total. The second-order valence-corrected chi connectivity index (χ2v) is 8.98. The van der Waals surface area contributed by atoms with Gasteiger partial charge in [-0.3, -0.25) is 19.8 Å². The van der Waals surface area contributed by atoms with Gasteiger partial charge in [0.25, 0.3) is 0 Å². The number of hydrogen-bond acceptors (Lipinski definition) is 8. The van der Waals surface area contributed by atoms with Gasteiger partial charge >= 0.3 is 5.97 Å². The number of piperazine rings is 1. The van der Waals surface area contributed by atoms with E-state index in [1.165, 1.54) is 5.56 Å². The summed E-state index contributed by atoms with van der Waals surface area (Å²) in [6.45, 7) is 8.08. The van der Waals surface area contributed by atoms with E-state index in [9.17, 15) is 9.59 Å². The summed E-state index contributed by atoms with van der Waals surface area (Å²) in [5.74, 6) is 0.167. The molecule has 3 aliphatic heterocycles. The van der Waals surface area contributed by atoms with Gasteiger partial charge in [0.1, 0.15) is 6.04 Å². The molecule has 2 aromatic carbocycles. The van der Waals surface area contributed by atoms with E-state index < -0.39 is 17.9 Å². The summed E-state index contributed by atoms with van der Waals surface area (Å²) in [5, 5.41) is 2.87. The lowest BCUT2D eigenvalue weighted by atomic mass is 9.90. The number of aryl methyl sites for hydroxylation is 1. The van der Waals surface area contributed by atoms with E-state index in [4.69, 9.17) is 19.2 Å². The molecule has 0 radical (unpaired) electrons. The zero-order valence-corrected chi connectivity index (χ0v) is 20.0. The first kappa shape index (κ1) is 23.2. The van der Waals surface area contributed by atoms with Crippen LogP contribution in [0.2, 0.25) is 0 Å². The number of fused-ring (bicyclic) bond motifs is 1. The standard InChI is InChI=1S/C26H30N4O5/c1-3-33-25(32)22-23(19-6-4-5-17(2)13-19)27-26(28-24(22)31)30-11-9-29(10-12-30)15-18-7-8-20-21(14-18)35-16-34-20/h4-8,13-14,22-23H,3,9-12,15-16H2,1-2H3,(H,27,28,31)/t22-,23-/m0/s1. The van der Waals surface area contributed by atoms with Gasteiger partial charge in [-0.25, -0.2) is 4.99 Å². The Hall–Kier alpha value is -3.59. The summed E-state index contributed by atoms with van der Waals surface area (Å²) in [4.78, 5) is 35.0. The molecule has 184 valence electrons. The molecule has 5 rings (SSSR count). The monoisotopic (exact) mass is 478 g/mol. The number of guanidine groups is 1. The Morgan fingerprint density at radius 2 is 1.91 bits per heavy atom. The summed E-state index contributed by atoms with van der Waals surface area (Å²) >= 11 is 0. The molecule has 1 N–H and O–H groups in total. The maximum absolute atomic E-state index is 13.1. The van der Waals surface area contributed by atoms with Crippen LogP contribution in [0.5, 0.6) is 11.5 Å². The molecule has 3 heterocycles. The van der Waals surface area contributed by atoms with Crippen LogP contribution in [0, 0.1) is 12.8 Å². The van der Waals surface area contributed by atoms with E-state index in [0.29, 0.717) is 19.0 Å². The van der Waals surface area contributed by atoms with Gasteiger partial charge in [0.2, 0.25) is 18.7 Å². The molecular formula is C26H30N4O5. The van der Waals surface area contributed by atoms with E-state index in [1.807, 2.05) is 43.3 Å². The average molecular weight is 479 g/mol.